The molecule has 0 amide bonds. The van der Waals surface area contributed by atoms with Crippen LogP contribution in [-0.2, 0) is 6.42 Å². The van der Waals surface area contributed by atoms with Crippen molar-refractivity contribution in [2.24, 2.45) is 0 Å². The van der Waals surface area contributed by atoms with Gasteiger partial charge in [0.1, 0.15) is 17.8 Å². The van der Waals surface area contributed by atoms with Crippen LogP contribution >= 0.6 is 11.6 Å². The van der Waals surface area contributed by atoms with Crippen LogP contribution in [0.25, 0.3) is 0 Å². The maximum Gasteiger partial charge on any atom is 0.248 e. The number of nitrogens with zero attached hydrogens (tertiary/aromatic N) is 2. The molecule has 146 valence electrons. The van der Waals surface area contributed by atoms with Gasteiger partial charge in [0.05, 0.1) is 0 Å². The molecule has 0 saturated carbocycles. The Morgan fingerprint density at radius 3 is 2.39 bits per heavy atom. The van der Waals surface area contributed by atoms with Gasteiger partial charge in [-0.25, -0.2) is 4.98 Å². The quantitative estimate of drug-likeness (QED) is 0.496. The maximum absolute atomic E-state index is 6.24. The first-order valence-corrected chi connectivity index (χ1v) is 9.76. The number of nitrogens with two attached hydrogens (primary N) is 1. The summed E-state index contributed by atoms with van der Waals surface area (Å²) < 4.78 is 5.89. The number of anilines is 3. The molecule has 3 N–H and O–H groups in total. The number of rotatable bonds is 7. The van der Waals surface area contributed by atoms with Crippen molar-refractivity contribution in [1.82, 2.24) is 9.97 Å². The Morgan fingerprint density at radius 2 is 1.75 bits per heavy atom. The normalized spacial score (nSPS) is 10.7. The fraction of sp³-hybridized carbons (Fsp3) is 0.273. The lowest BCUT2D eigenvalue weighted by molar-refractivity contribution is 0.464. The van der Waals surface area contributed by atoms with Crippen molar-refractivity contribution >= 4 is 28.8 Å². The van der Waals surface area contributed by atoms with Gasteiger partial charge in [0, 0.05) is 10.7 Å². The Balaban J connectivity index is 1.77. The van der Waals surface area contributed by atoms with Crippen molar-refractivity contribution < 1.29 is 4.74 Å². The lowest BCUT2D eigenvalue weighted by Gasteiger charge is -2.13. The lowest BCUT2D eigenvalue weighted by Crippen LogP contribution is -2.03. The number of aromatic nitrogens is 2. The van der Waals surface area contributed by atoms with Crippen LogP contribution in [0.1, 0.15) is 36.5 Å². The van der Waals surface area contributed by atoms with E-state index in [0.717, 1.165) is 28.3 Å². The van der Waals surface area contributed by atoms with Crippen LogP contribution < -0.4 is 15.8 Å². The van der Waals surface area contributed by atoms with Crippen molar-refractivity contribution in [1.29, 1.82) is 0 Å². The highest BCUT2D eigenvalue weighted by Gasteiger charge is 2.12. The predicted molar refractivity (Wildman–Crippen MR) is 116 cm³/mol. The Kier molecular flexibility index (Phi) is 6.37. The summed E-state index contributed by atoms with van der Waals surface area (Å²) in [4.78, 5) is 8.42. The molecule has 0 aliphatic rings. The zero-order valence-electron chi connectivity index (χ0n) is 16.4. The van der Waals surface area contributed by atoms with Gasteiger partial charge >= 0.3 is 0 Å². The van der Waals surface area contributed by atoms with Gasteiger partial charge in [0.2, 0.25) is 5.88 Å². The molecule has 2 aromatic carbocycles. The number of hydrogen-bond acceptors (Lipinski definition) is 5. The fourth-order valence-corrected chi connectivity index (χ4v) is 3.02. The van der Waals surface area contributed by atoms with Crippen molar-refractivity contribution in [3.63, 3.8) is 0 Å². The third-order valence-electron chi connectivity index (χ3n) is 4.51. The van der Waals surface area contributed by atoms with Crippen molar-refractivity contribution in [3.05, 3.63) is 64.4 Å². The topological polar surface area (TPSA) is 73.1 Å². The van der Waals surface area contributed by atoms with E-state index in [4.69, 9.17) is 22.1 Å². The minimum atomic E-state index is 0.304. The molecule has 0 aliphatic heterocycles. The average Bonchev–Trinajstić information content (AvgIpc) is 2.68. The number of aryl methyl sites for hydroxylation is 3. The van der Waals surface area contributed by atoms with Gasteiger partial charge in [0.25, 0.3) is 0 Å². The second-order valence-electron chi connectivity index (χ2n) is 6.84. The van der Waals surface area contributed by atoms with E-state index in [9.17, 15) is 0 Å². The number of benzene rings is 2. The molecule has 0 saturated heterocycles. The highest BCUT2D eigenvalue weighted by molar-refractivity contribution is 6.32. The molecule has 0 radical (unpaired) electrons. The first-order chi connectivity index (χ1) is 13.5. The van der Waals surface area contributed by atoms with E-state index < -0.39 is 0 Å². The van der Waals surface area contributed by atoms with Gasteiger partial charge in [-0.05, 0) is 67.6 Å². The summed E-state index contributed by atoms with van der Waals surface area (Å²) in [6.45, 7) is 6.06. The lowest BCUT2D eigenvalue weighted by atomic mass is 10.1. The number of nitrogens with one attached hydrogen (secondary N) is 1. The van der Waals surface area contributed by atoms with E-state index in [-0.39, 0.29) is 0 Å². The van der Waals surface area contributed by atoms with Crippen LogP contribution in [0.15, 0.2) is 42.7 Å². The fourth-order valence-electron chi connectivity index (χ4n) is 2.91. The molecule has 0 bridgehead atoms. The first kappa shape index (κ1) is 20.0. The van der Waals surface area contributed by atoms with Crippen LogP contribution in [0.4, 0.5) is 17.2 Å². The zero-order valence-corrected chi connectivity index (χ0v) is 17.2. The molecule has 1 heterocycles. The third-order valence-corrected chi connectivity index (χ3v) is 5.10. The summed E-state index contributed by atoms with van der Waals surface area (Å²) in [5.41, 5.74) is 10.7. The molecular formula is C22H25ClN4O. The van der Waals surface area contributed by atoms with Gasteiger partial charge in [-0.3, -0.25) is 0 Å². The summed E-state index contributed by atoms with van der Waals surface area (Å²) in [6, 6.07) is 12.0. The number of hydrogen-bond donors (Lipinski definition) is 2. The summed E-state index contributed by atoms with van der Waals surface area (Å²) in [5, 5.41) is 3.97. The van der Waals surface area contributed by atoms with Gasteiger partial charge < -0.3 is 15.8 Å². The number of nitrogen functional groups attached to an aromatic ring is 1. The second-order valence-corrected chi connectivity index (χ2v) is 7.22. The molecule has 28 heavy (non-hydrogen) atoms. The smallest absolute Gasteiger partial charge is 0.248 e. The summed E-state index contributed by atoms with van der Waals surface area (Å²) in [5.74, 6) is 1.45. The predicted octanol–water partition coefficient (Wildman–Crippen LogP) is 6.21. The van der Waals surface area contributed by atoms with Crippen LogP contribution in [0, 0.1) is 13.8 Å². The first-order valence-electron chi connectivity index (χ1n) is 9.39. The number of unbranched alkanes of at least 4 members (excludes halogenated alkanes) is 1. The standard InChI is InChI=1S/C22H25ClN4O/c1-4-5-6-16-7-9-17(10-8-16)27-21-20(24)22(26-13-25-21)28-18-11-14(2)19(23)15(3)12-18/h7-13H,4-6,24H2,1-3H3,(H,25,26,27). The Labute approximate surface area is 170 Å². The summed E-state index contributed by atoms with van der Waals surface area (Å²) >= 11 is 6.22. The van der Waals surface area contributed by atoms with E-state index in [1.807, 2.05) is 38.1 Å². The molecule has 0 fully saturated rings. The van der Waals surface area contributed by atoms with Gasteiger partial charge in [0.15, 0.2) is 5.82 Å². The molecule has 6 heteroatoms. The van der Waals surface area contributed by atoms with E-state index >= 15 is 0 Å². The Bertz CT molecular complexity index is 934. The largest absolute Gasteiger partial charge is 0.437 e. The number of ether oxygens (including phenoxy) is 1. The van der Waals surface area contributed by atoms with Crippen LogP contribution in [0.5, 0.6) is 11.6 Å². The number of halogens is 1. The molecule has 3 aromatic rings. The summed E-state index contributed by atoms with van der Waals surface area (Å²) in [7, 11) is 0. The Hall–Kier alpha value is -2.79. The van der Waals surface area contributed by atoms with Crippen LogP contribution in [-0.4, -0.2) is 9.97 Å². The van der Waals surface area contributed by atoms with Crippen molar-refractivity contribution in [2.45, 2.75) is 40.0 Å². The third kappa shape index (κ3) is 4.73. The second kappa shape index (κ2) is 8.93. The highest BCUT2D eigenvalue weighted by Crippen LogP contribution is 2.33. The van der Waals surface area contributed by atoms with Crippen LogP contribution in [0.3, 0.4) is 0 Å². The van der Waals surface area contributed by atoms with Crippen LogP contribution in [0.2, 0.25) is 5.02 Å². The van der Waals surface area contributed by atoms with E-state index in [1.165, 1.54) is 24.7 Å². The molecule has 0 spiro atoms. The Morgan fingerprint density at radius 1 is 1.07 bits per heavy atom. The highest BCUT2D eigenvalue weighted by atomic mass is 35.5. The molecule has 5 nitrogen and oxygen atoms in total. The van der Waals surface area contributed by atoms with E-state index in [0.29, 0.717) is 23.1 Å². The molecule has 0 atom stereocenters. The zero-order chi connectivity index (χ0) is 20.1. The van der Waals surface area contributed by atoms with Gasteiger partial charge in [-0.15, -0.1) is 0 Å². The van der Waals surface area contributed by atoms with Gasteiger partial charge in [-0.2, -0.15) is 4.98 Å². The van der Waals surface area contributed by atoms with E-state index in [1.54, 1.807) is 0 Å². The molecule has 0 aliphatic carbocycles. The van der Waals surface area contributed by atoms with Gasteiger partial charge in [-0.1, -0.05) is 37.1 Å². The summed E-state index contributed by atoms with van der Waals surface area (Å²) in [6.07, 6.45) is 4.90. The van der Waals surface area contributed by atoms with Crippen molar-refractivity contribution in [3.8, 4) is 11.6 Å². The molecule has 1 aromatic heterocycles. The van der Waals surface area contributed by atoms with E-state index in [2.05, 4.69) is 34.3 Å². The minimum Gasteiger partial charge on any atom is -0.437 e. The maximum atomic E-state index is 6.24. The van der Waals surface area contributed by atoms with Crippen molar-refractivity contribution in [2.75, 3.05) is 11.1 Å². The molecule has 3 rings (SSSR count). The SMILES string of the molecule is CCCCc1ccc(Nc2ncnc(Oc3cc(C)c(Cl)c(C)c3)c2N)cc1. The minimum absolute atomic E-state index is 0.304. The molecule has 0 unspecified atom stereocenters. The monoisotopic (exact) mass is 396 g/mol. The molecular weight excluding hydrogens is 372 g/mol. The average molecular weight is 397 g/mol.